The number of hydrogen-bond acceptors (Lipinski definition) is 4. The molecule has 0 heterocycles. The average molecular weight is 175 g/mol. The number of aliphatic hydroxyl groups is 1. The predicted molar refractivity (Wildman–Crippen MR) is 45.8 cm³/mol. The van der Waals surface area contributed by atoms with E-state index in [2.05, 4.69) is 4.74 Å². The summed E-state index contributed by atoms with van der Waals surface area (Å²) in [6, 6.07) is -0.0379. The van der Waals surface area contributed by atoms with Crippen molar-refractivity contribution in [3.05, 3.63) is 0 Å². The Kier molecular flexibility index (Phi) is 4.85. The molecule has 4 nitrogen and oxygen atoms in total. The summed E-state index contributed by atoms with van der Waals surface area (Å²) in [6.45, 7) is 3.76. The van der Waals surface area contributed by atoms with Gasteiger partial charge in [0, 0.05) is 6.04 Å². The maximum absolute atomic E-state index is 10.8. The van der Waals surface area contributed by atoms with Crippen molar-refractivity contribution in [3.63, 3.8) is 0 Å². The largest absolute Gasteiger partial charge is 0.468 e. The summed E-state index contributed by atoms with van der Waals surface area (Å²) in [7, 11) is 3.12. The van der Waals surface area contributed by atoms with Crippen molar-refractivity contribution in [2.45, 2.75) is 26.0 Å². The maximum atomic E-state index is 10.8. The molecule has 0 aromatic rings. The highest BCUT2D eigenvalue weighted by Crippen LogP contribution is 2.00. The predicted octanol–water partition coefficient (Wildman–Crippen LogP) is -0.139. The fourth-order valence-corrected chi connectivity index (χ4v) is 0.780. The molecule has 1 N–H and O–H groups in total. The number of carbonyl (C=O) groups is 1. The summed E-state index contributed by atoms with van der Waals surface area (Å²) >= 11 is 0. The zero-order valence-electron chi connectivity index (χ0n) is 8.07. The topological polar surface area (TPSA) is 49.8 Å². The molecule has 0 aromatic heterocycles. The van der Waals surface area contributed by atoms with E-state index in [9.17, 15) is 9.90 Å². The van der Waals surface area contributed by atoms with Crippen LogP contribution in [-0.2, 0) is 9.53 Å². The molecular formula is C8H17NO3. The van der Waals surface area contributed by atoms with E-state index in [-0.39, 0.29) is 18.6 Å². The summed E-state index contributed by atoms with van der Waals surface area (Å²) in [5.41, 5.74) is 0. The van der Waals surface area contributed by atoms with Gasteiger partial charge in [0.1, 0.15) is 0 Å². The lowest BCUT2D eigenvalue weighted by Gasteiger charge is -2.25. The lowest BCUT2D eigenvalue weighted by molar-refractivity contribution is -0.142. The molecule has 0 aliphatic heterocycles. The van der Waals surface area contributed by atoms with Crippen molar-refractivity contribution in [2.24, 2.45) is 0 Å². The number of rotatable bonds is 4. The highest BCUT2D eigenvalue weighted by Gasteiger charge is 2.16. The van der Waals surface area contributed by atoms with E-state index in [4.69, 9.17) is 0 Å². The zero-order valence-corrected chi connectivity index (χ0v) is 8.07. The Balaban J connectivity index is 3.86. The third kappa shape index (κ3) is 3.69. The molecule has 0 fully saturated rings. The second kappa shape index (κ2) is 5.11. The van der Waals surface area contributed by atoms with Crippen LogP contribution in [0, 0.1) is 0 Å². The molecule has 0 aliphatic rings. The smallest absolute Gasteiger partial charge is 0.319 e. The van der Waals surface area contributed by atoms with Crippen molar-refractivity contribution in [1.29, 1.82) is 0 Å². The minimum Gasteiger partial charge on any atom is -0.468 e. The van der Waals surface area contributed by atoms with Gasteiger partial charge in [-0.15, -0.1) is 0 Å². The van der Waals surface area contributed by atoms with Crippen LogP contribution in [0.4, 0.5) is 0 Å². The van der Waals surface area contributed by atoms with Crippen LogP contribution < -0.4 is 0 Å². The van der Waals surface area contributed by atoms with Gasteiger partial charge in [-0.2, -0.15) is 0 Å². The Morgan fingerprint density at radius 1 is 1.58 bits per heavy atom. The van der Waals surface area contributed by atoms with Crippen molar-refractivity contribution < 1.29 is 14.6 Å². The van der Waals surface area contributed by atoms with Crippen molar-refractivity contribution in [1.82, 2.24) is 4.90 Å². The first-order valence-electron chi connectivity index (χ1n) is 3.94. The van der Waals surface area contributed by atoms with Gasteiger partial charge in [0.2, 0.25) is 0 Å². The third-order valence-corrected chi connectivity index (χ3v) is 2.00. The number of aliphatic hydroxyl groups excluding tert-OH is 1. The molecule has 0 aliphatic carbocycles. The highest BCUT2D eigenvalue weighted by molar-refractivity contribution is 5.71. The standard InChI is InChI=1S/C8H17NO3/c1-6(7(2)10)9(3)5-8(11)12-4/h6-7,10H,5H2,1-4H3. The Hall–Kier alpha value is -0.610. The molecule has 0 bridgehead atoms. The molecule has 12 heavy (non-hydrogen) atoms. The van der Waals surface area contributed by atoms with Crippen molar-refractivity contribution in [3.8, 4) is 0 Å². The van der Waals surface area contributed by atoms with Gasteiger partial charge in [0.25, 0.3) is 0 Å². The van der Waals surface area contributed by atoms with Crippen LogP contribution in [0.2, 0.25) is 0 Å². The number of esters is 1. The molecular weight excluding hydrogens is 158 g/mol. The van der Waals surface area contributed by atoms with Crippen LogP contribution >= 0.6 is 0 Å². The highest BCUT2D eigenvalue weighted by atomic mass is 16.5. The van der Waals surface area contributed by atoms with Crippen molar-refractivity contribution >= 4 is 5.97 Å². The summed E-state index contributed by atoms with van der Waals surface area (Å²) < 4.78 is 4.49. The Morgan fingerprint density at radius 2 is 2.08 bits per heavy atom. The molecule has 0 amide bonds. The van der Waals surface area contributed by atoms with Gasteiger partial charge in [0.15, 0.2) is 0 Å². The van der Waals surface area contributed by atoms with E-state index < -0.39 is 6.10 Å². The van der Waals surface area contributed by atoms with Gasteiger partial charge in [-0.25, -0.2) is 0 Å². The van der Waals surface area contributed by atoms with Crippen LogP contribution in [0.25, 0.3) is 0 Å². The summed E-state index contributed by atoms with van der Waals surface area (Å²) in [4.78, 5) is 12.6. The lowest BCUT2D eigenvalue weighted by atomic mass is 10.2. The monoisotopic (exact) mass is 175 g/mol. The Morgan fingerprint density at radius 3 is 2.42 bits per heavy atom. The minimum absolute atomic E-state index is 0.0379. The first kappa shape index (κ1) is 11.4. The molecule has 0 saturated carbocycles. The third-order valence-electron chi connectivity index (χ3n) is 2.00. The van der Waals surface area contributed by atoms with E-state index in [0.717, 1.165) is 0 Å². The first-order chi connectivity index (χ1) is 5.49. The van der Waals surface area contributed by atoms with E-state index in [0.29, 0.717) is 0 Å². The van der Waals surface area contributed by atoms with E-state index in [1.807, 2.05) is 6.92 Å². The summed E-state index contributed by atoms with van der Waals surface area (Å²) in [6.07, 6.45) is -0.445. The van der Waals surface area contributed by atoms with E-state index in [1.54, 1.807) is 18.9 Å². The van der Waals surface area contributed by atoms with Crippen molar-refractivity contribution in [2.75, 3.05) is 20.7 Å². The van der Waals surface area contributed by atoms with E-state index >= 15 is 0 Å². The number of likely N-dealkylation sites (N-methyl/N-ethyl adjacent to an activating group) is 1. The minimum atomic E-state index is -0.445. The Bertz CT molecular complexity index is 147. The van der Waals surface area contributed by atoms with Gasteiger partial charge in [0.05, 0.1) is 19.8 Å². The first-order valence-corrected chi connectivity index (χ1v) is 3.94. The second-order valence-corrected chi connectivity index (χ2v) is 2.97. The fraction of sp³-hybridized carbons (Fsp3) is 0.875. The van der Waals surface area contributed by atoms with Crippen LogP contribution in [0.3, 0.4) is 0 Å². The van der Waals surface area contributed by atoms with Gasteiger partial charge in [-0.3, -0.25) is 9.69 Å². The van der Waals surface area contributed by atoms with Crippen LogP contribution in [-0.4, -0.2) is 48.8 Å². The molecule has 72 valence electrons. The molecule has 0 saturated heterocycles. The molecule has 0 spiro atoms. The Labute approximate surface area is 73.1 Å². The second-order valence-electron chi connectivity index (χ2n) is 2.97. The molecule has 0 rings (SSSR count). The van der Waals surface area contributed by atoms with Gasteiger partial charge < -0.3 is 9.84 Å². The number of nitrogens with zero attached hydrogens (tertiary/aromatic N) is 1. The molecule has 0 aromatic carbocycles. The number of ether oxygens (including phenoxy) is 1. The van der Waals surface area contributed by atoms with Crippen LogP contribution in [0.1, 0.15) is 13.8 Å². The summed E-state index contributed by atoms with van der Waals surface area (Å²) in [5.74, 6) is -0.287. The molecule has 2 unspecified atom stereocenters. The lowest BCUT2D eigenvalue weighted by Crippen LogP contribution is -2.40. The zero-order chi connectivity index (χ0) is 9.72. The van der Waals surface area contributed by atoms with Crippen LogP contribution in [0.5, 0.6) is 0 Å². The van der Waals surface area contributed by atoms with Crippen LogP contribution in [0.15, 0.2) is 0 Å². The van der Waals surface area contributed by atoms with Gasteiger partial charge >= 0.3 is 5.97 Å². The number of carbonyl (C=O) groups excluding carboxylic acids is 1. The molecule has 4 heteroatoms. The maximum Gasteiger partial charge on any atom is 0.319 e. The normalized spacial score (nSPS) is 15.8. The SMILES string of the molecule is COC(=O)CN(C)C(C)C(C)O. The summed E-state index contributed by atoms with van der Waals surface area (Å²) in [5, 5.41) is 9.18. The number of hydrogen-bond donors (Lipinski definition) is 1. The molecule has 0 radical (unpaired) electrons. The van der Waals surface area contributed by atoms with E-state index in [1.165, 1.54) is 7.11 Å². The average Bonchev–Trinajstić information content (AvgIpc) is 2.02. The number of methoxy groups -OCH3 is 1. The van der Waals surface area contributed by atoms with Gasteiger partial charge in [-0.05, 0) is 20.9 Å². The fourth-order valence-electron chi connectivity index (χ4n) is 0.780. The van der Waals surface area contributed by atoms with Gasteiger partial charge in [-0.1, -0.05) is 0 Å². The quantitative estimate of drug-likeness (QED) is 0.604. The molecule has 2 atom stereocenters.